The second kappa shape index (κ2) is 5.46. The molecule has 2 heterocycles. The van der Waals surface area contributed by atoms with Gasteiger partial charge in [-0.1, -0.05) is 6.92 Å². The van der Waals surface area contributed by atoms with Crippen LogP contribution in [-0.4, -0.2) is 48.0 Å². The second-order valence-corrected chi connectivity index (χ2v) is 4.51. The second-order valence-electron chi connectivity index (χ2n) is 4.51. The number of nitrogen functional groups attached to an aromatic ring is 1. The van der Waals surface area contributed by atoms with Gasteiger partial charge in [-0.05, 0) is 25.1 Å². The number of rotatable bonds is 3. The molecule has 1 aliphatic heterocycles. The third kappa shape index (κ3) is 2.52. The highest BCUT2D eigenvalue weighted by atomic mass is 16.5. The standard InChI is InChI=1S/C13H19N3O2/c1-3-16-6-7-18-10(8-16)12(17)11-9(2)4-5-15-13(11)14/h4-5,10H,3,6-8H2,1-2H3,(H2,14,15). The molecule has 1 aromatic rings. The number of aryl methyl sites for hydroxylation is 1. The van der Waals surface area contributed by atoms with Gasteiger partial charge in [0.05, 0.1) is 12.2 Å². The van der Waals surface area contributed by atoms with Crippen LogP contribution in [-0.2, 0) is 4.74 Å². The molecule has 0 aliphatic carbocycles. The zero-order valence-electron chi connectivity index (χ0n) is 10.8. The number of ketones is 1. The number of carbonyl (C=O) groups excluding carboxylic acids is 1. The lowest BCUT2D eigenvalue weighted by atomic mass is 10.0. The van der Waals surface area contributed by atoms with Crippen LogP contribution in [0, 0.1) is 6.92 Å². The molecular weight excluding hydrogens is 230 g/mol. The maximum Gasteiger partial charge on any atom is 0.196 e. The minimum absolute atomic E-state index is 0.0590. The summed E-state index contributed by atoms with van der Waals surface area (Å²) in [5.74, 6) is 0.230. The van der Waals surface area contributed by atoms with Gasteiger partial charge >= 0.3 is 0 Å². The molecule has 1 unspecified atom stereocenters. The van der Waals surface area contributed by atoms with E-state index in [2.05, 4.69) is 16.8 Å². The predicted octanol–water partition coefficient (Wildman–Crippen LogP) is 0.876. The molecule has 0 radical (unpaired) electrons. The molecular formula is C13H19N3O2. The highest BCUT2D eigenvalue weighted by Crippen LogP contribution is 2.19. The minimum Gasteiger partial charge on any atom is -0.383 e. The number of ether oxygens (including phenoxy) is 1. The Labute approximate surface area is 107 Å². The van der Waals surface area contributed by atoms with Crippen LogP contribution >= 0.6 is 0 Å². The molecule has 2 N–H and O–H groups in total. The first-order chi connectivity index (χ1) is 8.63. The van der Waals surface area contributed by atoms with Crippen molar-refractivity contribution in [2.75, 3.05) is 32.0 Å². The lowest BCUT2D eigenvalue weighted by molar-refractivity contribution is -0.0148. The fraction of sp³-hybridized carbons (Fsp3) is 0.538. The summed E-state index contributed by atoms with van der Waals surface area (Å²) in [5, 5.41) is 0. The van der Waals surface area contributed by atoms with Gasteiger partial charge in [-0.3, -0.25) is 9.69 Å². The monoisotopic (exact) mass is 249 g/mol. The first kappa shape index (κ1) is 13.0. The molecule has 5 heteroatoms. The van der Waals surface area contributed by atoms with Gasteiger partial charge in [-0.15, -0.1) is 0 Å². The quantitative estimate of drug-likeness (QED) is 0.805. The van der Waals surface area contributed by atoms with E-state index in [1.54, 1.807) is 12.3 Å². The summed E-state index contributed by atoms with van der Waals surface area (Å²) in [6.45, 7) is 6.96. The van der Waals surface area contributed by atoms with E-state index in [1.807, 2.05) is 6.92 Å². The Morgan fingerprint density at radius 2 is 2.44 bits per heavy atom. The molecule has 0 aromatic carbocycles. The number of nitrogens with zero attached hydrogens (tertiary/aromatic N) is 2. The first-order valence-electron chi connectivity index (χ1n) is 6.22. The van der Waals surface area contributed by atoms with Crippen molar-refractivity contribution >= 4 is 11.6 Å². The number of hydrogen-bond acceptors (Lipinski definition) is 5. The topological polar surface area (TPSA) is 68.5 Å². The molecule has 0 bridgehead atoms. The van der Waals surface area contributed by atoms with Crippen LogP contribution in [0.3, 0.4) is 0 Å². The van der Waals surface area contributed by atoms with Crippen molar-refractivity contribution in [3.63, 3.8) is 0 Å². The predicted molar refractivity (Wildman–Crippen MR) is 69.6 cm³/mol. The summed E-state index contributed by atoms with van der Waals surface area (Å²) >= 11 is 0. The third-order valence-corrected chi connectivity index (χ3v) is 3.33. The number of anilines is 1. The van der Waals surface area contributed by atoms with Crippen LogP contribution in [0.5, 0.6) is 0 Å². The lowest BCUT2D eigenvalue weighted by Gasteiger charge is -2.31. The highest BCUT2D eigenvalue weighted by molar-refractivity contribution is 6.04. The van der Waals surface area contributed by atoms with Gasteiger partial charge in [-0.25, -0.2) is 4.98 Å². The molecule has 18 heavy (non-hydrogen) atoms. The van der Waals surface area contributed by atoms with Gasteiger partial charge in [0.1, 0.15) is 11.9 Å². The van der Waals surface area contributed by atoms with Crippen LogP contribution in [0.25, 0.3) is 0 Å². The van der Waals surface area contributed by atoms with Gasteiger partial charge in [0.2, 0.25) is 0 Å². The molecule has 1 aliphatic rings. The maximum absolute atomic E-state index is 12.4. The van der Waals surface area contributed by atoms with Crippen molar-refractivity contribution in [1.82, 2.24) is 9.88 Å². The van der Waals surface area contributed by atoms with Gasteiger partial charge in [0.15, 0.2) is 5.78 Å². The maximum atomic E-state index is 12.4. The van der Waals surface area contributed by atoms with E-state index in [0.717, 1.165) is 18.7 Å². The average molecular weight is 249 g/mol. The van der Waals surface area contributed by atoms with Crippen molar-refractivity contribution < 1.29 is 9.53 Å². The molecule has 2 rings (SSSR count). The van der Waals surface area contributed by atoms with Gasteiger partial charge in [0.25, 0.3) is 0 Å². The summed E-state index contributed by atoms with van der Waals surface area (Å²) in [6.07, 6.45) is 1.19. The Hall–Kier alpha value is -1.46. The highest BCUT2D eigenvalue weighted by Gasteiger charge is 2.29. The summed E-state index contributed by atoms with van der Waals surface area (Å²) in [4.78, 5) is 18.6. The third-order valence-electron chi connectivity index (χ3n) is 3.33. The van der Waals surface area contributed by atoms with Crippen molar-refractivity contribution in [3.8, 4) is 0 Å². The van der Waals surface area contributed by atoms with Crippen LogP contribution in [0.2, 0.25) is 0 Å². The van der Waals surface area contributed by atoms with Crippen LogP contribution < -0.4 is 5.73 Å². The van der Waals surface area contributed by atoms with Crippen LogP contribution in [0.15, 0.2) is 12.3 Å². The Morgan fingerprint density at radius 1 is 1.67 bits per heavy atom. The lowest BCUT2D eigenvalue weighted by Crippen LogP contribution is -2.46. The number of carbonyl (C=O) groups is 1. The fourth-order valence-electron chi connectivity index (χ4n) is 2.21. The average Bonchev–Trinajstić information content (AvgIpc) is 2.38. The van der Waals surface area contributed by atoms with E-state index in [1.165, 1.54) is 0 Å². The Kier molecular flexibility index (Phi) is 3.93. The summed E-state index contributed by atoms with van der Waals surface area (Å²) < 4.78 is 5.56. The van der Waals surface area contributed by atoms with E-state index < -0.39 is 6.10 Å². The molecule has 98 valence electrons. The van der Waals surface area contributed by atoms with E-state index in [0.29, 0.717) is 18.7 Å². The summed E-state index contributed by atoms with van der Waals surface area (Å²) in [5.41, 5.74) is 7.15. The smallest absolute Gasteiger partial charge is 0.196 e. The number of aromatic nitrogens is 1. The normalized spacial score (nSPS) is 20.9. The van der Waals surface area contributed by atoms with Gasteiger partial charge in [0, 0.05) is 19.3 Å². The van der Waals surface area contributed by atoms with Gasteiger partial charge < -0.3 is 10.5 Å². The fourth-order valence-corrected chi connectivity index (χ4v) is 2.21. The van der Waals surface area contributed by atoms with Crippen molar-refractivity contribution in [1.29, 1.82) is 0 Å². The summed E-state index contributed by atoms with van der Waals surface area (Å²) in [6, 6.07) is 1.80. The van der Waals surface area contributed by atoms with Crippen LogP contribution in [0.4, 0.5) is 5.82 Å². The van der Waals surface area contributed by atoms with Gasteiger partial charge in [-0.2, -0.15) is 0 Å². The first-order valence-corrected chi connectivity index (χ1v) is 6.22. The molecule has 0 amide bonds. The zero-order valence-corrected chi connectivity index (χ0v) is 10.8. The number of pyridine rings is 1. The summed E-state index contributed by atoms with van der Waals surface area (Å²) in [7, 11) is 0. The molecule has 0 saturated carbocycles. The van der Waals surface area contributed by atoms with Crippen LogP contribution in [0.1, 0.15) is 22.8 Å². The zero-order chi connectivity index (χ0) is 13.1. The Bertz CT molecular complexity index is 428. The van der Waals surface area contributed by atoms with E-state index in [9.17, 15) is 4.79 Å². The molecule has 1 atom stereocenters. The minimum atomic E-state index is -0.427. The number of nitrogens with two attached hydrogens (primary N) is 1. The Balaban J connectivity index is 2.20. The van der Waals surface area contributed by atoms with Crippen molar-refractivity contribution in [2.45, 2.75) is 20.0 Å². The SMILES string of the molecule is CCN1CCOC(C(=O)c2c(C)ccnc2N)C1. The number of morpholine rings is 1. The largest absolute Gasteiger partial charge is 0.383 e. The number of Topliss-reactive ketones (excluding diaryl/α,β-unsaturated/α-hetero) is 1. The number of likely N-dealkylation sites (N-methyl/N-ethyl adjacent to an activating group) is 1. The Morgan fingerprint density at radius 3 is 3.11 bits per heavy atom. The van der Waals surface area contributed by atoms with Crippen molar-refractivity contribution in [3.05, 3.63) is 23.4 Å². The molecule has 1 saturated heterocycles. The van der Waals surface area contributed by atoms with E-state index in [-0.39, 0.29) is 11.6 Å². The molecule has 1 aromatic heterocycles. The van der Waals surface area contributed by atoms with E-state index in [4.69, 9.17) is 10.5 Å². The molecule has 5 nitrogen and oxygen atoms in total. The van der Waals surface area contributed by atoms with Crippen molar-refractivity contribution in [2.24, 2.45) is 0 Å². The molecule has 1 fully saturated rings. The molecule has 0 spiro atoms. The number of hydrogen-bond donors (Lipinski definition) is 1. The van der Waals surface area contributed by atoms with E-state index >= 15 is 0 Å².